The minimum Gasteiger partial charge on any atom is -0.493 e. The molecule has 1 saturated heterocycles. The number of amides is 2. The number of benzene rings is 1. The summed E-state index contributed by atoms with van der Waals surface area (Å²) < 4.78 is 11.9. The third-order valence-electron chi connectivity index (χ3n) is 3.76. The van der Waals surface area contributed by atoms with Gasteiger partial charge in [-0.3, -0.25) is 14.5 Å². The number of carbonyl (C=O) groups is 2. The van der Waals surface area contributed by atoms with Gasteiger partial charge in [0.2, 0.25) is 0 Å². The van der Waals surface area contributed by atoms with Gasteiger partial charge in [-0.05, 0) is 78.7 Å². The zero-order valence-electron chi connectivity index (χ0n) is 15.0. The van der Waals surface area contributed by atoms with E-state index in [2.05, 4.69) is 15.9 Å². The Bertz CT molecular complexity index is 717. The molecule has 1 aromatic carbocycles. The average molecular weight is 428 g/mol. The standard InChI is InChI=1S/C18H22BrNO4S/c1-6-11(4)20-17(21)15(25-18(20)22)9-12-7-13(19)16(24-10(2)3)14(8-12)23-5/h7-11H,6H2,1-5H3/b15-9+/t11-/m0/s1. The predicted molar refractivity (Wildman–Crippen MR) is 104 cm³/mol. The lowest BCUT2D eigenvalue weighted by Gasteiger charge is -2.19. The Morgan fingerprint density at radius 2 is 1.96 bits per heavy atom. The second-order valence-electron chi connectivity index (χ2n) is 6.01. The van der Waals surface area contributed by atoms with Gasteiger partial charge in [0.25, 0.3) is 11.1 Å². The Morgan fingerprint density at radius 1 is 1.28 bits per heavy atom. The van der Waals surface area contributed by atoms with E-state index in [4.69, 9.17) is 9.47 Å². The van der Waals surface area contributed by atoms with E-state index >= 15 is 0 Å². The van der Waals surface area contributed by atoms with Crippen LogP contribution < -0.4 is 9.47 Å². The second-order valence-corrected chi connectivity index (χ2v) is 7.86. The van der Waals surface area contributed by atoms with Crippen LogP contribution in [-0.4, -0.2) is 35.3 Å². The normalized spacial score (nSPS) is 17.6. The highest BCUT2D eigenvalue weighted by atomic mass is 79.9. The fourth-order valence-electron chi connectivity index (χ4n) is 2.37. The number of nitrogens with zero attached hydrogens (tertiary/aromatic N) is 1. The van der Waals surface area contributed by atoms with Gasteiger partial charge in [-0.2, -0.15) is 0 Å². The van der Waals surface area contributed by atoms with Crippen molar-refractivity contribution in [1.29, 1.82) is 0 Å². The van der Waals surface area contributed by atoms with E-state index in [0.29, 0.717) is 16.4 Å². The van der Waals surface area contributed by atoms with Gasteiger partial charge in [0, 0.05) is 6.04 Å². The summed E-state index contributed by atoms with van der Waals surface area (Å²) >= 11 is 4.45. The van der Waals surface area contributed by atoms with E-state index in [1.807, 2.05) is 33.8 Å². The van der Waals surface area contributed by atoms with Crippen LogP contribution in [0.2, 0.25) is 0 Å². The lowest BCUT2D eigenvalue weighted by Crippen LogP contribution is -2.36. The first-order valence-electron chi connectivity index (χ1n) is 8.09. The molecule has 0 unspecified atom stereocenters. The van der Waals surface area contributed by atoms with Crippen LogP contribution in [0.3, 0.4) is 0 Å². The highest BCUT2D eigenvalue weighted by Gasteiger charge is 2.37. The topological polar surface area (TPSA) is 55.8 Å². The molecule has 0 bridgehead atoms. The quantitative estimate of drug-likeness (QED) is 0.592. The number of hydrogen-bond acceptors (Lipinski definition) is 5. The number of rotatable bonds is 6. The number of imide groups is 1. The van der Waals surface area contributed by atoms with Gasteiger partial charge in [-0.25, -0.2) is 0 Å². The lowest BCUT2D eigenvalue weighted by atomic mass is 10.1. The highest BCUT2D eigenvalue weighted by Crippen LogP contribution is 2.40. The first-order chi connectivity index (χ1) is 11.8. The molecular weight excluding hydrogens is 406 g/mol. The van der Waals surface area contributed by atoms with Crippen molar-refractivity contribution in [1.82, 2.24) is 4.90 Å². The maximum atomic E-state index is 12.5. The molecule has 0 N–H and O–H groups in total. The molecule has 1 aliphatic rings. The minimum absolute atomic E-state index is 0.00285. The molecule has 1 aromatic rings. The molecule has 7 heteroatoms. The Morgan fingerprint density at radius 3 is 2.52 bits per heavy atom. The van der Waals surface area contributed by atoms with Gasteiger partial charge >= 0.3 is 0 Å². The molecule has 0 aromatic heterocycles. The molecular formula is C18H22BrNO4S. The van der Waals surface area contributed by atoms with E-state index in [0.717, 1.165) is 28.2 Å². The largest absolute Gasteiger partial charge is 0.493 e. The van der Waals surface area contributed by atoms with Crippen LogP contribution in [0.5, 0.6) is 11.5 Å². The predicted octanol–water partition coefficient (Wildman–Crippen LogP) is 5.08. The molecule has 1 atom stereocenters. The Labute approximate surface area is 160 Å². The van der Waals surface area contributed by atoms with E-state index < -0.39 is 0 Å². The van der Waals surface area contributed by atoms with Crippen molar-refractivity contribution in [2.45, 2.75) is 46.3 Å². The molecule has 136 valence electrons. The van der Waals surface area contributed by atoms with Gasteiger partial charge in [0.15, 0.2) is 11.5 Å². The zero-order chi connectivity index (χ0) is 18.7. The monoisotopic (exact) mass is 427 g/mol. The van der Waals surface area contributed by atoms with Gasteiger partial charge < -0.3 is 9.47 Å². The van der Waals surface area contributed by atoms with Gasteiger partial charge in [-0.1, -0.05) is 6.92 Å². The van der Waals surface area contributed by atoms with Crippen LogP contribution in [0, 0.1) is 0 Å². The molecule has 2 amide bonds. The van der Waals surface area contributed by atoms with Crippen molar-refractivity contribution in [3.05, 3.63) is 27.1 Å². The van der Waals surface area contributed by atoms with Crippen molar-refractivity contribution in [3.63, 3.8) is 0 Å². The smallest absolute Gasteiger partial charge is 0.293 e. The molecule has 0 aliphatic carbocycles. The zero-order valence-corrected chi connectivity index (χ0v) is 17.4. The summed E-state index contributed by atoms with van der Waals surface area (Å²) in [6.45, 7) is 7.69. The number of thioether (sulfide) groups is 1. The molecule has 25 heavy (non-hydrogen) atoms. The number of methoxy groups -OCH3 is 1. The van der Waals surface area contributed by atoms with Gasteiger partial charge in [0.1, 0.15) is 0 Å². The van der Waals surface area contributed by atoms with Gasteiger partial charge in [0.05, 0.1) is 22.6 Å². The maximum absolute atomic E-state index is 12.5. The lowest BCUT2D eigenvalue weighted by molar-refractivity contribution is -0.124. The van der Waals surface area contributed by atoms with E-state index in [1.165, 1.54) is 4.90 Å². The van der Waals surface area contributed by atoms with Gasteiger partial charge in [-0.15, -0.1) is 0 Å². The average Bonchev–Trinajstić information content (AvgIpc) is 2.82. The minimum atomic E-state index is -0.248. The summed E-state index contributed by atoms with van der Waals surface area (Å²) in [5.41, 5.74) is 0.759. The van der Waals surface area contributed by atoms with Crippen molar-refractivity contribution < 1.29 is 19.1 Å². The van der Waals surface area contributed by atoms with Crippen LogP contribution in [0.4, 0.5) is 4.79 Å². The summed E-state index contributed by atoms with van der Waals surface area (Å²) in [4.78, 5) is 26.4. The van der Waals surface area contributed by atoms with Crippen LogP contribution in [0.25, 0.3) is 6.08 Å². The first-order valence-corrected chi connectivity index (χ1v) is 9.70. The number of halogens is 1. The van der Waals surface area contributed by atoms with E-state index in [9.17, 15) is 9.59 Å². The molecule has 2 rings (SSSR count). The van der Waals surface area contributed by atoms with Crippen LogP contribution in [0.1, 0.15) is 39.7 Å². The second kappa shape index (κ2) is 8.27. The van der Waals surface area contributed by atoms with Crippen LogP contribution >= 0.6 is 27.7 Å². The van der Waals surface area contributed by atoms with E-state index in [-0.39, 0.29) is 23.3 Å². The maximum Gasteiger partial charge on any atom is 0.293 e. The number of ether oxygens (including phenoxy) is 2. The van der Waals surface area contributed by atoms with Crippen molar-refractivity contribution >= 4 is 44.9 Å². The number of hydrogen-bond donors (Lipinski definition) is 0. The summed E-state index contributed by atoms with van der Waals surface area (Å²) in [6, 6.07) is 3.53. The van der Waals surface area contributed by atoms with E-state index in [1.54, 1.807) is 19.3 Å². The summed E-state index contributed by atoms with van der Waals surface area (Å²) in [6.07, 6.45) is 2.44. The third kappa shape index (κ3) is 4.39. The molecule has 5 nitrogen and oxygen atoms in total. The molecule has 0 spiro atoms. The third-order valence-corrected chi connectivity index (χ3v) is 5.23. The van der Waals surface area contributed by atoms with Crippen LogP contribution in [-0.2, 0) is 4.79 Å². The highest BCUT2D eigenvalue weighted by molar-refractivity contribution is 9.10. The molecule has 1 aliphatic heterocycles. The van der Waals surface area contributed by atoms with Crippen molar-refractivity contribution in [2.75, 3.05) is 7.11 Å². The molecule has 1 heterocycles. The first kappa shape index (κ1) is 19.8. The van der Waals surface area contributed by atoms with Crippen molar-refractivity contribution in [2.24, 2.45) is 0 Å². The summed E-state index contributed by atoms with van der Waals surface area (Å²) in [7, 11) is 1.57. The number of carbonyl (C=O) groups excluding carboxylic acids is 2. The van der Waals surface area contributed by atoms with Crippen molar-refractivity contribution in [3.8, 4) is 11.5 Å². The Balaban J connectivity index is 2.37. The SMILES string of the molecule is CC[C@H](C)N1C(=O)S/C(=C/c2cc(Br)c(OC(C)C)c(OC)c2)C1=O. The molecule has 0 saturated carbocycles. The van der Waals surface area contributed by atoms with Crippen LogP contribution in [0.15, 0.2) is 21.5 Å². The molecule has 1 fully saturated rings. The fraction of sp³-hybridized carbons (Fsp3) is 0.444. The Hall–Kier alpha value is -1.47. The molecule has 0 radical (unpaired) electrons. The Kier molecular flexibility index (Phi) is 6.57. The summed E-state index contributed by atoms with van der Waals surface area (Å²) in [5.74, 6) is 0.930. The summed E-state index contributed by atoms with van der Waals surface area (Å²) in [5, 5.41) is -0.226. The fourth-order valence-corrected chi connectivity index (χ4v) is 3.85.